The number of benzene rings is 1. The number of nitro groups is 1. The Morgan fingerprint density at radius 3 is 3.04 bits per heavy atom. The SMILES string of the molecule is NC(=O)C1=N/C=C(\N2CCc3cc([N+](=O)[O-])ccc32)NCN=CS1. The molecule has 124 valence electrons. The lowest BCUT2D eigenvalue weighted by Gasteiger charge is -2.22. The average Bonchev–Trinajstić information content (AvgIpc) is 3.01. The zero-order valence-electron chi connectivity index (χ0n) is 12.5. The molecule has 0 atom stereocenters. The van der Waals surface area contributed by atoms with Gasteiger partial charge in [0.05, 0.1) is 16.7 Å². The summed E-state index contributed by atoms with van der Waals surface area (Å²) in [7, 11) is 0. The number of hydrogen-bond acceptors (Lipinski definition) is 8. The summed E-state index contributed by atoms with van der Waals surface area (Å²) in [4.78, 5) is 32.0. The highest BCUT2D eigenvalue weighted by molar-refractivity contribution is 8.26. The number of carbonyl (C=O) groups is 1. The molecule has 24 heavy (non-hydrogen) atoms. The fourth-order valence-corrected chi connectivity index (χ4v) is 2.96. The van der Waals surface area contributed by atoms with E-state index < -0.39 is 10.8 Å². The zero-order valence-corrected chi connectivity index (χ0v) is 13.3. The predicted octanol–water partition coefficient (Wildman–Crippen LogP) is 0.962. The molecule has 2 heterocycles. The van der Waals surface area contributed by atoms with Crippen molar-refractivity contribution < 1.29 is 9.72 Å². The van der Waals surface area contributed by atoms with Crippen molar-refractivity contribution in [3.8, 4) is 0 Å². The summed E-state index contributed by atoms with van der Waals surface area (Å²) in [5.41, 5.74) is 8.62. The third-order valence-corrected chi connectivity index (χ3v) is 4.35. The number of fused-ring (bicyclic) bond motifs is 1. The predicted molar refractivity (Wildman–Crippen MR) is 92.9 cm³/mol. The van der Waals surface area contributed by atoms with Crippen LogP contribution in [0.2, 0.25) is 0 Å². The largest absolute Gasteiger partial charge is 0.364 e. The molecule has 0 unspecified atom stereocenters. The van der Waals surface area contributed by atoms with E-state index in [1.807, 2.05) is 4.90 Å². The van der Waals surface area contributed by atoms with Crippen LogP contribution in [0.1, 0.15) is 5.56 Å². The van der Waals surface area contributed by atoms with Gasteiger partial charge >= 0.3 is 0 Å². The van der Waals surface area contributed by atoms with Gasteiger partial charge in [-0.3, -0.25) is 19.9 Å². The number of hydrogen-bond donors (Lipinski definition) is 2. The molecular formula is C14H14N6O3S. The maximum atomic E-state index is 11.3. The number of aliphatic imine (C=N–C) groups is 2. The molecule has 10 heteroatoms. The van der Waals surface area contributed by atoms with Gasteiger partial charge in [0, 0.05) is 24.4 Å². The Balaban J connectivity index is 1.93. The minimum Gasteiger partial charge on any atom is -0.364 e. The van der Waals surface area contributed by atoms with Crippen LogP contribution in [-0.2, 0) is 11.2 Å². The van der Waals surface area contributed by atoms with Crippen molar-refractivity contribution in [2.45, 2.75) is 6.42 Å². The van der Waals surface area contributed by atoms with E-state index in [0.717, 1.165) is 23.0 Å². The molecule has 3 rings (SSSR count). The number of anilines is 1. The number of non-ortho nitro benzene ring substituents is 1. The van der Waals surface area contributed by atoms with Crippen molar-refractivity contribution in [2.75, 3.05) is 18.1 Å². The van der Waals surface area contributed by atoms with E-state index in [1.165, 1.54) is 17.8 Å². The molecule has 3 N–H and O–H groups in total. The highest BCUT2D eigenvalue weighted by Crippen LogP contribution is 2.33. The standard InChI is InChI=1S/C14H14N6O3S/c15-13(21)14-17-6-12(18-7-16-8-24-14)19-4-3-9-5-10(20(22)23)1-2-11(9)19/h1-2,5-6,8,18H,3-4,7H2,(H2,15,21)/b12-6-,16-8?,17-14?. The summed E-state index contributed by atoms with van der Waals surface area (Å²) in [6.45, 7) is 0.965. The Bertz CT molecular complexity index is 789. The number of rotatable bonds is 3. The molecule has 0 saturated heterocycles. The normalized spacial score (nSPS) is 19.1. The molecule has 0 fully saturated rings. The van der Waals surface area contributed by atoms with E-state index >= 15 is 0 Å². The second-order valence-electron chi connectivity index (χ2n) is 5.03. The Morgan fingerprint density at radius 2 is 2.29 bits per heavy atom. The van der Waals surface area contributed by atoms with Gasteiger partial charge < -0.3 is 16.0 Å². The monoisotopic (exact) mass is 346 g/mol. The number of nitrogens with zero attached hydrogens (tertiary/aromatic N) is 4. The summed E-state index contributed by atoms with van der Waals surface area (Å²) in [6.07, 6.45) is 2.21. The van der Waals surface area contributed by atoms with Crippen molar-refractivity contribution >= 4 is 39.6 Å². The van der Waals surface area contributed by atoms with E-state index in [2.05, 4.69) is 15.3 Å². The third-order valence-electron chi connectivity index (χ3n) is 3.57. The maximum absolute atomic E-state index is 11.3. The molecule has 9 nitrogen and oxygen atoms in total. The van der Waals surface area contributed by atoms with Crippen LogP contribution in [0.3, 0.4) is 0 Å². The van der Waals surface area contributed by atoms with E-state index in [-0.39, 0.29) is 10.7 Å². The minimum atomic E-state index is -0.624. The number of carbonyl (C=O) groups excluding carboxylic acids is 1. The fraction of sp³-hybridized carbons (Fsp3) is 0.214. The molecule has 0 bridgehead atoms. The van der Waals surface area contributed by atoms with E-state index in [9.17, 15) is 14.9 Å². The van der Waals surface area contributed by atoms with Gasteiger partial charge in [0.15, 0.2) is 5.04 Å². The van der Waals surface area contributed by atoms with Gasteiger partial charge in [-0.15, -0.1) is 0 Å². The third kappa shape index (κ3) is 3.23. The summed E-state index contributed by atoms with van der Waals surface area (Å²) in [5.74, 6) is 0.0300. The summed E-state index contributed by atoms with van der Waals surface area (Å²) in [6, 6.07) is 4.77. The number of nitro benzene ring substituents is 1. The Hall–Kier alpha value is -2.88. The first-order chi connectivity index (χ1) is 11.6. The number of primary amides is 1. The molecular weight excluding hydrogens is 332 g/mol. The van der Waals surface area contributed by atoms with Crippen LogP contribution < -0.4 is 16.0 Å². The first-order valence-corrected chi connectivity index (χ1v) is 7.95. The van der Waals surface area contributed by atoms with Gasteiger partial charge in [0.1, 0.15) is 12.5 Å². The zero-order chi connectivity index (χ0) is 17.1. The lowest BCUT2D eigenvalue weighted by Crippen LogP contribution is -2.30. The van der Waals surface area contributed by atoms with Crippen molar-refractivity contribution in [1.29, 1.82) is 0 Å². The van der Waals surface area contributed by atoms with Crippen LogP contribution in [0.4, 0.5) is 11.4 Å². The first-order valence-electron chi connectivity index (χ1n) is 7.07. The second kappa shape index (κ2) is 6.71. The maximum Gasteiger partial charge on any atom is 0.274 e. The molecule has 2 aliphatic heterocycles. The summed E-state index contributed by atoms with van der Waals surface area (Å²) >= 11 is 1.06. The molecule has 0 radical (unpaired) electrons. The highest BCUT2D eigenvalue weighted by Gasteiger charge is 2.24. The van der Waals surface area contributed by atoms with Gasteiger partial charge in [-0.1, -0.05) is 11.8 Å². The first kappa shape index (κ1) is 16.0. The topological polar surface area (TPSA) is 126 Å². The minimum absolute atomic E-state index is 0.0713. The molecule has 1 aromatic carbocycles. The van der Waals surface area contributed by atoms with Crippen LogP contribution in [-0.4, -0.2) is 34.6 Å². The second-order valence-corrected chi connectivity index (χ2v) is 5.86. The number of nitrogens with one attached hydrogen (secondary N) is 1. The molecule has 2 aliphatic rings. The van der Waals surface area contributed by atoms with E-state index in [1.54, 1.807) is 12.1 Å². The Kier molecular flexibility index (Phi) is 4.47. The lowest BCUT2D eigenvalue weighted by molar-refractivity contribution is -0.384. The molecule has 0 aromatic heterocycles. The van der Waals surface area contributed by atoms with Crippen LogP contribution in [0.15, 0.2) is 40.2 Å². The number of amides is 1. The van der Waals surface area contributed by atoms with Crippen molar-refractivity contribution in [3.63, 3.8) is 0 Å². The van der Waals surface area contributed by atoms with Crippen LogP contribution in [0.25, 0.3) is 0 Å². The van der Waals surface area contributed by atoms with Crippen LogP contribution >= 0.6 is 11.8 Å². The average molecular weight is 346 g/mol. The van der Waals surface area contributed by atoms with Crippen LogP contribution in [0.5, 0.6) is 0 Å². The highest BCUT2D eigenvalue weighted by atomic mass is 32.2. The van der Waals surface area contributed by atoms with Gasteiger partial charge in [-0.25, -0.2) is 4.99 Å². The smallest absolute Gasteiger partial charge is 0.274 e. The molecule has 0 saturated carbocycles. The van der Waals surface area contributed by atoms with E-state index in [0.29, 0.717) is 25.5 Å². The summed E-state index contributed by atoms with van der Waals surface area (Å²) < 4.78 is 0. The van der Waals surface area contributed by atoms with Crippen molar-refractivity contribution in [2.24, 2.45) is 15.7 Å². The molecule has 1 aromatic rings. The van der Waals surface area contributed by atoms with Gasteiger partial charge in [-0.05, 0) is 18.1 Å². The van der Waals surface area contributed by atoms with Gasteiger partial charge in [-0.2, -0.15) is 0 Å². The van der Waals surface area contributed by atoms with Gasteiger partial charge in [0.25, 0.3) is 11.6 Å². The molecule has 0 spiro atoms. The molecule has 0 aliphatic carbocycles. The Labute approximate surface area is 141 Å². The Morgan fingerprint density at radius 1 is 1.46 bits per heavy atom. The number of nitrogens with two attached hydrogens (primary N) is 1. The number of thioether (sulfide) groups is 1. The van der Waals surface area contributed by atoms with Crippen LogP contribution in [0, 0.1) is 10.1 Å². The summed E-state index contributed by atoms with van der Waals surface area (Å²) in [5, 5.41) is 14.2. The van der Waals surface area contributed by atoms with Crippen molar-refractivity contribution in [1.82, 2.24) is 5.32 Å². The van der Waals surface area contributed by atoms with E-state index in [4.69, 9.17) is 5.73 Å². The quantitative estimate of drug-likeness (QED) is 0.620. The van der Waals surface area contributed by atoms with Gasteiger partial charge in [0.2, 0.25) is 0 Å². The fourth-order valence-electron chi connectivity index (χ4n) is 2.49. The lowest BCUT2D eigenvalue weighted by atomic mass is 10.1. The van der Waals surface area contributed by atoms with Crippen molar-refractivity contribution in [3.05, 3.63) is 45.9 Å². The molecule has 1 amide bonds.